The van der Waals surface area contributed by atoms with Crippen LogP contribution in [0.5, 0.6) is 0 Å². The highest BCUT2D eigenvalue weighted by molar-refractivity contribution is 7.99. The zero-order valence-electron chi connectivity index (χ0n) is 34.7. The van der Waals surface area contributed by atoms with E-state index in [1.807, 2.05) is 0 Å². The van der Waals surface area contributed by atoms with Crippen molar-refractivity contribution in [3.8, 4) is 0 Å². The molecule has 3 aromatic rings. The van der Waals surface area contributed by atoms with Crippen LogP contribution in [0.15, 0.2) is 23.4 Å². The summed E-state index contributed by atoms with van der Waals surface area (Å²) >= 11 is -0.0144. The van der Waals surface area contributed by atoms with Crippen LogP contribution < -0.4 is 5.32 Å². The lowest BCUT2D eigenvalue weighted by Gasteiger charge is -2.17. The van der Waals surface area contributed by atoms with Gasteiger partial charge in [-0.05, 0) is 36.9 Å². The lowest BCUT2D eigenvalue weighted by atomic mass is 10.1. The van der Waals surface area contributed by atoms with Crippen LogP contribution in [0, 0.1) is 12.7 Å². The first-order valence-electron chi connectivity index (χ1n) is 18.3. The molecule has 0 spiro atoms. The number of aryl methyl sites for hydroxylation is 1. The Hall–Kier alpha value is -2.38. The van der Waals surface area contributed by atoms with Crippen LogP contribution in [0.3, 0.4) is 0 Å². The smallest absolute Gasteiger partial charge is 0.191 e. The number of nitrogens with zero attached hydrogens (tertiary/aromatic N) is 5. The molecule has 12 heteroatoms. The maximum atomic E-state index is 14.5. The predicted molar refractivity (Wildman–Crippen MR) is 133 cm³/mol. The lowest BCUT2D eigenvalue weighted by Crippen LogP contribution is -2.33. The van der Waals surface area contributed by atoms with Gasteiger partial charge in [-0.15, -0.1) is 5.10 Å². The van der Waals surface area contributed by atoms with E-state index < -0.39 is 102 Å². The van der Waals surface area contributed by atoms with E-state index in [0.717, 1.165) is 13.0 Å². The van der Waals surface area contributed by atoms with Crippen molar-refractivity contribution in [1.29, 1.82) is 0 Å². The number of rotatable bonds is 10. The summed E-state index contributed by atoms with van der Waals surface area (Å²) in [5.41, 5.74) is -4.72. The summed E-state index contributed by atoms with van der Waals surface area (Å²) in [6.45, 7) is -2.65. The second kappa shape index (κ2) is 10.5. The molecule has 36 heavy (non-hydrogen) atoms. The molecule has 2 aromatic heterocycles. The highest BCUT2D eigenvalue weighted by Crippen LogP contribution is 2.44. The summed E-state index contributed by atoms with van der Waals surface area (Å²) < 4.78 is 153. The van der Waals surface area contributed by atoms with E-state index in [-0.39, 0.29) is 27.6 Å². The SMILES string of the molecule is [2H]C([2H])(O)CO[C@@]1([2H])C([2H])([2H])[C@@]([2H])(n2nnc3c(N[C@]4([2H])C([2H])([2H])[C@@]4([2H])c4ccc(C)c(F)c4)nc(SC([2H])([2H])C([2H])([2H])C)nc32)[C@]([2H])(O)[C@]1([2H])O. The van der Waals surface area contributed by atoms with Gasteiger partial charge in [0.1, 0.15) is 18.0 Å². The first-order valence-corrected chi connectivity index (χ1v) is 11.1. The Morgan fingerprint density at radius 2 is 2.17 bits per heavy atom. The highest BCUT2D eigenvalue weighted by atomic mass is 32.2. The number of anilines is 1. The van der Waals surface area contributed by atoms with Gasteiger partial charge in [-0.1, -0.05) is 36.0 Å². The predicted octanol–water partition coefficient (Wildman–Crippen LogP) is 2.18. The van der Waals surface area contributed by atoms with Crippen LogP contribution in [-0.2, 0) is 4.74 Å². The molecule has 0 radical (unpaired) electrons. The van der Waals surface area contributed by atoms with E-state index in [4.69, 9.17) is 26.7 Å². The van der Waals surface area contributed by atoms with Crippen molar-refractivity contribution in [2.24, 2.45) is 0 Å². The molecule has 2 aliphatic rings. The summed E-state index contributed by atoms with van der Waals surface area (Å²) in [7, 11) is 0. The second-order valence-corrected chi connectivity index (χ2v) is 8.17. The van der Waals surface area contributed by atoms with Gasteiger partial charge in [0.15, 0.2) is 22.1 Å². The number of nitrogens with one attached hydrogen (secondary N) is 1. The fourth-order valence-corrected chi connectivity index (χ4v) is 3.72. The van der Waals surface area contributed by atoms with Crippen LogP contribution >= 0.6 is 11.8 Å². The van der Waals surface area contributed by atoms with Gasteiger partial charge in [0.25, 0.3) is 0 Å². The first kappa shape index (κ1) is 12.4. The van der Waals surface area contributed by atoms with Crippen LogP contribution in [-0.4, -0.2) is 83.4 Å². The third-order valence-corrected chi connectivity index (χ3v) is 5.73. The highest BCUT2D eigenvalue weighted by Gasteiger charge is 2.45. The van der Waals surface area contributed by atoms with E-state index in [2.05, 4.69) is 25.6 Å². The van der Waals surface area contributed by atoms with E-state index in [0.29, 0.717) is 0 Å². The Morgan fingerprint density at radius 1 is 1.33 bits per heavy atom. The monoisotopic (exact) mass is 534 g/mol. The minimum absolute atomic E-state index is 0.0144. The molecule has 2 fully saturated rings. The number of thioether (sulfide) groups is 1. The number of halogens is 1. The third kappa shape index (κ3) is 4.92. The quantitative estimate of drug-likeness (QED) is 0.226. The van der Waals surface area contributed by atoms with Crippen molar-refractivity contribution in [1.82, 2.24) is 25.0 Å². The third-order valence-electron chi connectivity index (χ3n) is 5.05. The van der Waals surface area contributed by atoms with Gasteiger partial charge in [-0.2, -0.15) is 0 Å². The van der Waals surface area contributed by atoms with Crippen LogP contribution in [0.4, 0.5) is 10.2 Å². The molecule has 2 heterocycles. The van der Waals surface area contributed by atoms with Crippen molar-refractivity contribution < 1.29 is 46.4 Å². The number of aliphatic hydroxyl groups is 3. The second-order valence-electron chi connectivity index (χ2n) is 7.39. The van der Waals surface area contributed by atoms with Crippen LogP contribution in [0.1, 0.15) is 71.0 Å². The van der Waals surface area contributed by atoms with Crippen molar-refractivity contribution in [2.45, 2.75) is 74.3 Å². The fourth-order valence-electron chi connectivity index (χ4n) is 3.25. The maximum Gasteiger partial charge on any atom is 0.191 e. The molecule has 0 unspecified atom stereocenters. The molecule has 2 aliphatic carbocycles. The van der Waals surface area contributed by atoms with Gasteiger partial charge >= 0.3 is 0 Å². The summed E-state index contributed by atoms with van der Waals surface area (Å²) in [4.78, 5) is 7.99. The van der Waals surface area contributed by atoms with Crippen LogP contribution in [0.25, 0.3) is 11.2 Å². The van der Waals surface area contributed by atoms with Gasteiger partial charge in [-0.3, -0.25) is 0 Å². The van der Waals surface area contributed by atoms with Gasteiger partial charge in [0, 0.05) is 36.3 Å². The van der Waals surface area contributed by atoms with Gasteiger partial charge < -0.3 is 25.4 Å². The van der Waals surface area contributed by atoms with Gasteiger partial charge in [-0.25, -0.2) is 19.0 Å². The maximum absolute atomic E-state index is 14.5. The van der Waals surface area contributed by atoms with Gasteiger partial charge in [0.05, 0.1) is 34.9 Å². The average Bonchev–Trinajstić information content (AvgIpc) is 3.25. The number of aromatic nitrogens is 5. The molecule has 4 N–H and O–H groups in total. The van der Waals surface area contributed by atoms with Crippen molar-refractivity contribution in [3.05, 3.63) is 35.1 Å². The zero-order chi connectivity index (χ0) is 39.9. The van der Waals surface area contributed by atoms with E-state index in [1.165, 1.54) is 19.1 Å². The molecule has 1 aromatic carbocycles. The lowest BCUT2D eigenvalue weighted by molar-refractivity contribution is -0.0629. The van der Waals surface area contributed by atoms with E-state index in [1.54, 1.807) is 0 Å². The van der Waals surface area contributed by atoms with Crippen molar-refractivity contribution >= 4 is 28.7 Å². The molecule has 10 nitrogen and oxygen atoms in total. The molecule has 2 saturated carbocycles. The Labute approximate surface area is 234 Å². The molecular formula is C24H31FN6O4S. The molecule has 6 atom stereocenters. The van der Waals surface area contributed by atoms with Crippen molar-refractivity contribution in [3.63, 3.8) is 0 Å². The van der Waals surface area contributed by atoms with Crippen LogP contribution in [0.2, 0.25) is 0 Å². The molecule has 0 amide bonds. The standard InChI is InChI=1S/C24H31FN6O4S/c1-3-8-36-24-27-22(26-16-10-14(16)13-5-4-12(2)15(25)9-13)19-23(28-24)31(30-29-19)17-11-18(35-7-6-32)21(34)20(17)33/h4-5,9,14,16-18,20-21,32-34H,3,6-8,10-11H2,1-2H3,(H,26,27,28)/t14-,16+,17+,18-,20-,21+/m0/s1/i3D2,6D2,8D2,10D2,11D2,14D,16D,17D,18D,20D,21D. The Kier molecular flexibility index (Phi) is 3.64. The molecule has 194 valence electrons. The summed E-state index contributed by atoms with van der Waals surface area (Å²) in [6.07, 6.45) is -21.8. The molecule has 0 bridgehead atoms. The molecule has 5 rings (SSSR count). The normalized spacial score (nSPS) is 50.4. The Bertz CT molecular complexity index is 1950. The minimum Gasteiger partial charge on any atom is -0.394 e. The first-order chi connectivity index (χ1) is 23.1. The Morgan fingerprint density at radius 3 is 2.92 bits per heavy atom. The van der Waals surface area contributed by atoms with E-state index in [9.17, 15) is 19.7 Å². The summed E-state index contributed by atoms with van der Waals surface area (Å²) in [6, 6.07) is -3.38. The average molecular weight is 535 g/mol. The topological polar surface area (TPSA) is 138 Å². The largest absolute Gasteiger partial charge is 0.394 e. The Balaban J connectivity index is 1.75. The zero-order valence-corrected chi connectivity index (χ0v) is 19.5. The number of hydrogen-bond donors (Lipinski definition) is 4. The summed E-state index contributed by atoms with van der Waals surface area (Å²) in [5, 5.41) is 40.6. The minimum atomic E-state index is -4.22. The molecule has 0 aliphatic heterocycles. The number of hydrogen-bond acceptors (Lipinski definition) is 10. The van der Waals surface area contributed by atoms with Gasteiger partial charge in [0.2, 0.25) is 0 Å². The molecule has 0 saturated heterocycles. The molecular weight excluding hydrogens is 487 g/mol. The number of ether oxygens (including phenoxy) is 1. The fraction of sp³-hybridized carbons (Fsp3) is 0.583. The number of fused-ring (bicyclic) bond motifs is 1. The van der Waals surface area contributed by atoms with Crippen molar-refractivity contribution in [2.75, 3.05) is 24.2 Å². The summed E-state index contributed by atoms with van der Waals surface area (Å²) in [5.74, 6) is -4.16. The van der Waals surface area contributed by atoms with E-state index >= 15 is 0 Å². The number of benzene rings is 1.